The first-order valence-corrected chi connectivity index (χ1v) is 6.00. The predicted molar refractivity (Wildman–Crippen MR) is 62.2 cm³/mol. The van der Waals surface area contributed by atoms with E-state index in [0.717, 1.165) is 18.4 Å². The van der Waals surface area contributed by atoms with Crippen molar-refractivity contribution >= 4 is 0 Å². The molecule has 2 nitrogen and oxygen atoms in total. The van der Waals surface area contributed by atoms with Crippen LogP contribution >= 0.6 is 0 Å². The molecule has 1 rings (SSSR count). The van der Waals surface area contributed by atoms with E-state index in [-0.39, 0.29) is 0 Å². The second-order valence-electron chi connectivity index (χ2n) is 5.33. The SMILES string of the molecule is CC(C)C1CCN(C(CN)C(C)C)C1. The number of nitrogens with two attached hydrogens (primary N) is 1. The molecule has 1 aliphatic heterocycles. The van der Waals surface area contributed by atoms with Crippen LogP contribution in [0, 0.1) is 17.8 Å². The van der Waals surface area contributed by atoms with Gasteiger partial charge in [-0.25, -0.2) is 0 Å². The van der Waals surface area contributed by atoms with Crippen LogP contribution in [-0.4, -0.2) is 30.6 Å². The molecule has 1 heterocycles. The molecule has 0 bridgehead atoms. The summed E-state index contributed by atoms with van der Waals surface area (Å²) in [6.45, 7) is 12.5. The van der Waals surface area contributed by atoms with Crippen molar-refractivity contribution < 1.29 is 0 Å². The first kappa shape index (κ1) is 12.0. The van der Waals surface area contributed by atoms with Gasteiger partial charge in [0.15, 0.2) is 0 Å². The Bertz CT molecular complexity index is 166. The van der Waals surface area contributed by atoms with Gasteiger partial charge < -0.3 is 5.73 Å². The molecule has 2 heteroatoms. The summed E-state index contributed by atoms with van der Waals surface area (Å²) in [5.74, 6) is 2.40. The number of rotatable bonds is 4. The van der Waals surface area contributed by atoms with Gasteiger partial charge in [0.2, 0.25) is 0 Å². The van der Waals surface area contributed by atoms with E-state index in [1.165, 1.54) is 19.5 Å². The number of hydrogen-bond acceptors (Lipinski definition) is 2. The lowest BCUT2D eigenvalue weighted by molar-refractivity contribution is 0.185. The standard InChI is InChI=1S/C12H26N2/c1-9(2)11-5-6-14(8-11)12(7-13)10(3)4/h9-12H,5-8,13H2,1-4H3. The van der Waals surface area contributed by atoms with Gasteiger partial charge in [-0.15, -0.1) is 0 Å². The fourth-order valence-electron chi connectivity index (χ4n) is 2.50. The molecule has 1 fully saturated rings. The number of hydrogen-bond donors (Lipinski definition) is 1. The van der Waals surface area contributed by atoms with Crippen molar-refractivity contribution in [3.05, 3.63) is 0 Å². The zero-order valence-electron chi connectivity index (χ0n) is 10.2. The van der Waals surface area contributed by atoms with Crippen LogP contribution < -0.4 is 5.73 Å². The van der Waals surface area contributed by atoms with Crippen LogP contribution in [0.1, 0.15) is 34.1 Å². The molecule has 0 saturated carbocycles. The van der Waals surface area contributed by atoms with Gasteiger partial charge in [0, 0.05) is 19.1 Å². The highest BCUT2D eigenvalue weighted by molar-refractivity contribution is 4.84. The lowest BCUT2D eigenvalue weighted by Gasteiger charge is -2.30. The van der Waals surface area contributed by atoms with Gasteiger partial charge in [-0.05, 0) is 30.7 Å². The predicted octanol–water partition coefficient (Wildman–Crippen LogP) is 1.95. The minimum atomic E-state index is 0.596. The van der Waals surface area contributed by atoms with E-state index < -0.39 is 0 Å². The molecule has 2 unspecified atom stereocenters. The van der Waals surface area contributed by atoms with Crippen molar-refractivity contribution in [2.45, 2.75) is 40.2 Å². The summed E-state index contributed by atoms with van der Waals surface area (Å²) in [6, 6.07) is 0.596. The molecular weight excluding hydrogens is 172 g/mol. The molecule has 14 heavy (non-hydrogen) atoms. The summed E-state index contributed by atoms with van der Waals surface area (Å²) < 4.78 is 0. The second kappa shape index (κ2) is 5.13. The number of likely N-dealkylation sites (tertiary alicyclic amines) is 1. The second-order valence-corrected chi connectivity index (χ2v) is 5.33. The highest BCUT2D eigenvalue weighted by atomic mass is 15.2. The third-order valence-electron chi connectivity index (χ3n) is 3.68. The van der Waals surface area contributed by atoms with Crippen LogP contribution in [0.3, 0.4) is 0 Å². The highest BCUT2D eigenvalue weighted by Gasteiger charge is 2.30. The quantitative estimate of drug-likeness (QED) is 0.748. The van der Waals surface area contributed by atoms with Gasteiger partial charge in [0.1, 0.15) is 0 Å². The molecule has 84 valence electrons. The van der Waals surface area contributed by atoms with Crippen molar-refractivity contribution in [2.24, 2.45) is 23.5 Å². The van der Waals surface area contributed by atoms with E-state index in [9.17, 15) is 0 Å². The maximum absolute atomic E-state index is 5.83. The zero-order valence-corrected chi connectivity index (χ0v) is 10.2. The van der Waals surface area contributed by atoms with Crippen LogP contribution in [0.2, 0.25) is 0 Å². The largest absolute Gasteiger partial charge is 0.329 e. The Kier molecular flexibility index (Phi) is 4.39. The van der Waals surface area contributed by atoms with Gasteiger partial charge in [0.25, 0.3) is 0 Å². The fraction of sp³-hybridized carbons (Fsp3) is 1.00. The van der Waals surface area contributed by atoms with Crippen LogP contribution in [0.25, 0.3) is 0 Å². The molecule has 1 aliphatic rings. The van der Waals surface area contributed by atoms with Gasteiger partial charge in [-0.2, -0.15) is 0 Å². The van der Waals surface area contributed by atoms with E-state index in [2.05, 4.69) is 32.6 Å². The topological polar surface area (TPSA) is 29.3 Å². The molecule has 1 saturated heterocycles. The van der Waals surface area contributed by atoms with Gasteiger partial charge in [-0.3, -0.25) is 4.90 Å². The summed E-state index contributed by atoms with van der Waals surface area (Å²) in [4.78, 5) is 2.59. The highest BCUT2D eigenvalue weighted by Crippen LogP contribution is 2.26. The minimum Gasteiger partial charge on any atom is -0.329 e. The molecule has 2 atom stereocenters. The Morgan fingerprint density at radius 1 is 1.29 bits per heavy atom. The Balaban J connectivity index is 2.47. The summed E-state index contributed by atoms with van der Waals surface area (Å²) in [5.41, 5.74) is 5.83. The molecule has 2 N–H and O–H groups in total. The van der Waals surface area contributed by atoms with Crippen LogP contribution in [0.15, 0.2) is 0 Å². The van der Waals surface area contributed by atoms with Crippen LogP contribution in [0.4, 0.5) is 0 Å². The summed E-state index contributed by atoms with van der Waals surface area (Å²) in [7, 11) is 0. The van der Waals surface area contributed by atoms with Gasteiger partial charge in [0.05, 0.1) is 0 Å². The third kappa shape index (κ3) is 2.71. The van der Waals surface area contributed by atoms with E-state index in [1.807, 2.05) is 0 Å². The Hall–Kier alpha value is -0.0800. The molecule has 0 aliphatic carbocycles. The summed E-state index contributed by atoms with van der Waals surface area (Å²) in [6.07, 6.45) is 1.36. The first-order valence-electron chi connectivity index (χ1n) is 6.00. The minimum absolute atomic E-state index is 0.596. The summed E-state index contributed by atoms with van der Waals surface area (Å²) >= 11 is 0. The monoisotopic (exact) mass is 198 g/mol. The molecule has 0 amide bonds. The van der Waals surface area contributed by atoms with E-state index >= 15 is 0 Å². The molecule has 0 spiro atoms. The van der Waals surface area contributed by atoms with Gasteiger partial charge >= 0.3 is 0 Å². The molecule has 0 aromatic rings. The smallest absolute Gasteiger partial charge is 0.0241 e. The van der Waals surface area contributed by atoms with Crippen molar-refractivity contribution in [2.75, 3.05) is 19.6 Å². The Morgan fingerprint density at radius 3 is 2.29 bits per heavy atom. The van der Waals surface area contributed by atoms with E-state index in [1.54, 1.807) is 0 Å². The average molecular weight is 198 g/mol. The maximum Gasteiger partial charge on any atom is 0.0241 e. The summed E-state index contributed by atoms with van der Waals surface area (Å²) in [5, 5.41) is 0. The fourth-order valence-corrected chi connectivity index (χ4v) is 2.50. The Morgan fingerprint density at radius 2 is 1.93 bits per heavy atom. The molecule has 0 radical (unpaired) electrons. The van der Waals surface area contributed by atoms with Crippen LogP contribution in [-0.2, 0) is 0 Å². The first-order chi connectivity index (χ1) is 6.56. The van der Waals surface area contributed by atoms with Crippen molar-refractivity contribution in [3.8, 4) is 0 Å². The maximum atomic E-state index is 5.83. The van der Waals surface area contributed by atoms with Crippen molar-refractivity contribution in [1.29, 1.82) is 0 Å². The Labute approximate surface area is 88.8 Å². The lowest BCUT2D eigenvalue weighted by atomic mass is 9.95. The molecule has 0 aromatic carbocycles. The molecular formula is C12H26N2. The van der Waals surface area contributed by atoms with Crippen molar-refractivity contribution in [1.82, 2.24) is 4.90 Å². The van der Waals surface area contributed by atoms with Gasteiger partial charge in [-0.1, -0.05) is 27.7 Å². The third-order valence-corrected chi connectivity index (χ3v) is 3.68. The zero-order chi connectivity index (χ0) is 10.7. The number of nitrogens with zero attached hydrogens (tertiary/aromatic N) is 1. The lowest BCUT2D eigenvalue weighted by Crippen LogP contribution is -2.42. The average Bonchev–Trinajstić information content (AvgIpc) is 2.53. The van der Waals surface area contributed by atoms with Crippen molar-refractivity contribution in [3.63, 3.8) is 0 Å². The molecule has 0 aromatic heterocycles. The van der Waals surface area contributed by atoms with E-state index in [4.69, 9.17) is 5.73 Å². The normalized spacial score (nSPS) is 26.4. The van der Waals surface area contributed by atoms with Crippen LogP contribution in [0.5, 0.6) is 0 Å². The van der Waals surface area contributed by atoms with E-state index in [0.29, 0.717) is 12.0 Å².